The minimum atomic E-state index is 0.0495. The van der Waals surface area contributed by atoms with Crippen LogP contribution in [-0.4, -0.2) is 58.5 Å². The molecule has 0 aliphatic carbocycles. The lowest BCUT2D eigenvalue weighted by atomic mass is 9.88. The molecule has 6 heteroatoms. The fourth-order valence-corrected chi connectivity index (χ4v) is 4.43. The molecule has 0 saturated carbocycles. The van der Waals surface area contributed by atoms with E-state index in [0.717, 1.165) is 63.4 Å². The van der Waals surface area contributed by atoms with Gasteiger partial charge in [0, 0.05) is 56.7 Å². The second kappa shape index (κ2) is 9.35. The van der Waals surface area contributed by atoms with E-state index in [0.29, 0.717) is 18.4 Å². The summed E-state index contributed by atoms with van der Waals surface area (Å²) in [6.45, 7) is 7.00. The number of aromatic nitrogens is 2. The first-order valence-corrected chi connectivity index (χ1v) is 10.6. The number of carbonyl (C=O) groups excluding carboxylic acids is 1. The van der Waals surface area contributed by atoms with Gasteiger partial charge in [0.15, 0.2) is 0 Å². The molecular weight excluding hydrogens is 364 g/mol. The monoisotopic (exact) mass is 394 g/mol. The largest absolute Gasteiger partial charge is 0.492 e. The minimum absolute atomic E-state index is 0.0495. The van der Waals surface area contributed by atoms with Gasteiger partial charge in [-0.15, -0.1) is 0 Å². The maximum Gasteiger partial charge on any atom is 0.226 e. The van der Waals surface area contributed by atoms with E-state index in [2.05, 4.69) is 31.9 Å². The normalized spacial score (nSPS) is 22.6. The van der Waals surface area contributed by atoms with Crippen LogP contribution in [0.15, 0.2) is 42.9 Å². The minimum Gasteiger partial charge on any atom is -0.492 e. The molecule has 29 heavy (non-hydrogen) atoms. The van der Waals surface area contributed by atoms with E-state index in [1.165, 1.54) is 5.56 Å². The van der Waals surface area contributed by atoms with Gasteiger partial charge in [0.25, 0.3) is 0 Å². The summed E-state index contributed by atoms with van der Waals surface area (Å²) in [5.41, 5.74) is 2.21. The second-order valence-electron chi connectivity index (χ2n) is 8.33. The zero-order chi connectivity index (χ0) is 20.1. The van der Waals surface area contributed by atoms with Gasteiger partial charge in [-0.3, -0.25) is 19.7 Å². The number of aryl methyl sites for hydroxylation is 1. The molecule has 0 spiro atoms. The molecule has 2 aliphatic heterocycles. The molecule has 0 unspecified atom stereocenters. The second-order valence-corrected chi connectivity index (χ2v) is 8.33. The van der Waals surface area contributed by atoms with Crippen LogP contribution in [0.1, 0.15) is 30.5 Å². The number of carbonyl (C=O) groups is 1. The van der Waals surface area contributed by atoms with Crippen LogP contribution in [0, 0.1) is 18.8 Å². The number of amides is 1. The standard InChI is InChI=1S/C23H30N4O2/c1-18-4-5-22(13-25-18)29-17-20-12-21(23(28)27-10-2-3-11-27)16-26(15-20)14-19-6-8-24-9-7-19/h4-9,13,20-21H,2-3,10-12,14-17H2,1H3/t20-,21+/m0/s1. The lowest BCUT2D eigenvalue weighted by Gasteiger charge is -2.38. The van der Waals surface area contributed by atoms with E-state index in [-0.39, 0.29) is 5.92 Å². The Balaban J connectivity index is 1.42. The Bertz CT molecular complexity index is 790. The number of likely N-dealkylation sites (tertiary alicyclic amines) is 2. The molecule has 4 heterocycles. The highest BCUT2D eigenvalue weighted by Gasteiger charge is 2.35. The van der Waals surface area contributed by atoms with Gasteiger partial charge in [0.1, 0.15) is 5.75 Å². The fourth-order valence-electron chi connectivity index (χ4n) is 4.43. The molecule has 1 amide bonds. The van der Waals surface area contributed by atoms with Gasteiger partial charge in [-0.1, -0.05) is 0 Å². The van der Waals surface area contributed by atoms with Gasteiger partial charge >= 0.3 is 0 Å². The number of pyridine rings is 2. The molecule has 2 aromatic rings. The van der Waals surface area contributed by atoms with Crippen LogP contribution in [-0.2, 0) is 11.3 Å². The molecule has 0 N–H and O–H groups in total. The zero-order valence-electron chi connectivity index (χ0n) is 17.2. The Morgan fingerprint density at radius 3 is 2.66 bits per heavy atom. The van der Waals surface area contributed by atoms with E-state index in [1.54, 1.807) is 6.20 Å². The molecule has 0 radical (unpaired) electrons. The molecule has 0 aromatic carbocycles. The summed E-state index contributed by atoms with van der Waals surface area (Å²) in [5.74, 6) is 1.49. The first-order valence-electron chi connectivity index (χ1n) is 10.6. The number of nitrogens with zero attached hydrogens (tertiary/aromatic N) is 4. The van der Waals surface area contributed by atoms with E-state index >= 15 is 0 Å². The Kier molecular flexibility index (Phi) is 6.39. The van der Waals surface area contributed by atoms with Gasteiger partial charge in [0.05, 0.1) is 18.7 Å². The molecule has 4 rings (SSSR count). The van der Waals surface area contributed by atoms with E-state index in [9.17, 15) is 4.79 Å². The quantitative estimate of drug-likeness (QED) is 0.754. The number of ether oxygens (including phenoxy) is 1. The molecule has 0 bridgehead atoms. The highest BCUT2D eigenvalue weighted by molar-refractivity contribution is 5.79. The van der Waals surface area contributed by atoms with Crippen molar-refractivity contribution in [2.45, 2.75) is 32.7 Å². The van der Waals surface area contributed by atoms with Crippen molar-refractivity contribution in [3.8, 4) is 5.75 Å². The van der Waals surface area contributed by atoms with E-state index in [1.807, 2.05) is 31.5 Å². The molecule has 6 nitrogen and oxygen atoms in total. The first-order chi connectivity index (χ1) is 14.2. The summed E-state index contributed by atoms with van der Waals surface area (Å²) in [4.78, 5) is 26.0. The van der Waals surface area contributed by atoms with Crippen molar-refractivity contribution in [1.82, 2.24) is 19.8 Å². The van der Waals surface area contributed by atoms with Gasteiger partial charge in [-0.2, -0.15) is 0 Å². The lowest BCUT2D eigenvalue weighted by molar-refractivity contribution is -0.137. The maximum atomic E-state index is 13.1. The average molecular weight is 395 g/mol. The van der Waals surface area contributed by atoms with Gasteiger partial charge in [-0.05, 0) is 56.0 Å². The van der Waals surface area contributed by atoms with Gasteiger partial charge in [-0.25, -0.2) is 0 Å². The van der Waals surface area contributed by atoms with Crippen molar-refractivity contribution in [3.63, 3.8) is 0 Å². The first kappa shape index (κ1) is 19.8. The Morgan fingerprint density at radius 1 is 1.14 bits per heavy atom. The summed E-state index contributed by atoms with van der Waals surface area (Å²) in [6, 6.07) is 8.03. The number of piperidine rings is 1. The Hall–Kier alpha value is -2.47. The highest BCUT2D eigenvalue weighted by atomic mass is 16.5. The van der Waals surface area contributed by atoms with Crippen molar-refractivity contribution >= 4 is 5.91 Å². The predicted octanol–water partition coefficient (Wildman–Crippen LogP) is 2.92. The predicted molar refractivity (Wildman–Crippen MR) is 111 cm³/mol. The number of hydrogen-bond acceptors (Lipinski definition) is 5. The third-order valence-electron chi connectivity index (χ3n) is 5.91. The molecule has 2 aliphatic rings. The summed E-state index contributed by atoms with van der Waals surface area (Å²) >= 11 is 0. The van der Waals surface area contributed by atoms with Crippen molar-refractivity contribution in [3.05, 3.63) is 54.1 Å². The maximum absolute atomic E-state index is 13.1. The third kappa shape index (κ3) is 5.32. The van der Waals surface area contributed by atoms with Crippen molar-refractivity contribution in [2.75, 3.05) is 32.8 Å². The summed E-state index contributed by atoms with van der Waals surface area (Å²) in [7, 11) is 0. The Morgan fingerprint density at radius 2 is 1.93 bits per heavy atom. The molecule has 2 fully saturated rings. The SMILES string of the molecule is Cc1ccc(OC[C@H]2C[C@@H](C(=O)N3CCCC3)CN(Cc3ccncc3)C2)cn1. The van der Waals surface area contributed by atoms with Crippen LogP contribution >= 0.6 is 0 Å². The van der Waals surface area contributed by atoms with Crippen LogP contribution in [0.2, 0.25) is 0 Å². The topological polar surface area (TPSA) is 58.6 Å². The van der Waals surface area contributed by atoms with E-state index < -0.39 is 0 Å². The van der Waals surface area contributed by atoms with Crippen LogP contribution in [0.25, 0.3) is 0 Å². The Labute approximate surface area is 172 Å². The van der Waals surface area contributed by atoms with Crippen molar-refractivity contribution < 1.29 is 9.53 Å². The summed E-state index contributed by atoms with van der Waals surface area (Å²) in [5, 5.41) is 0. The average Bonchev–Trinajstić information content (AvgIpc) is 3.28. The summed E-state index contributed by atoms with van der Waals surface area (Å²) in [6.07, 6.45) is 8.59. The lowest BCUT2D eigenvalue weighted by Crippen LogP contribution is -2.48. The van der Waals surface area contributed by atoms with Gasteiger partial charge in [0.2, 0.25) is 5.91 Å². The molecule has 2 aromatic heterocycles. The van der Waals surface area contributed by atoms with Crippen LogP contribution in [0.3, 0.4) is 0 Å². The van der Waals surface area contributed by atoms with Crippen LogP contribution in [0.4, 0.5) is 0 Å². The van der Waals surface area contributed by atoms with Crippen molar-refractivity contribution in [1.29, 1.82) is 0 Å². The summed E-state index contributed by atoms with van der Waals surface area (Å²) < 4.78 is 6.03. The van der Waals surface area contributed by atoms with Crippen molar-refractivity contribution in [2.24, 2.45) is 11.8 Å². The molecule has 154 valence electrons. The van der Waals surface area contributed by atoms with Gasteiger partial charge < -0.3 is 9.64 Å². The smallest absolute Gasteiger partial charge is 0.226 e. The van der Waals surface area contributed by atoms with Crippen LogP contribution in [0.5, 0.6) is 5.75 Å². The zero-order valence-corrected chi connectivity index (χ0v) is 17.2. The number of hydrogen-bond donors (Lipinski definition) is 0. The number of rotatable bonds is 6. The van der Waals surface area contributed by atoms with E-state index in [4.69, 9.17) is 4.74 Å². The third-order valence-corrected chi connectivity index (χ3v) is 5.91. The molecular formula is C23H30N4O2. The fraction of sp³-hybridized carbons (Fsp3) is 0.522. The highest BCUT2D eigenvalue weighted by Crippen LogP contribution is 2.27. The molecule has 2 saturated heterocycles. The molecule has 2 atom stereocenters. The van der Waals surface area contributed by atoms with Crippen LogP contribution < -0.4 is 4.74 Å².